The lowest BCUT2D eigenvalue weighted by Gasteiger charge is -2.26. The molecule has 0 aromatic heterocycles. The first-order chi connectivity index (χ1) is 11.8. The average molecular weight is 364 g/mol. The Balaban J connectivity index is 2.78. The quantitative estimate of drug-likeness (QED) is 0.250. The molecule has 8 heteroatoms. The summed E-state index contributed by atoms with van der Waals surface area (Å²) in [5, 5.41) is 13.7. The standard InChI is InChI=1S/C17H20N2O5S/c1-5-17(6-2,7-3)18-15(20)11-24-16(21)12-8-9-14(25-4)13(10-12)19(22)23/h1,8-10H,6-7,11H2,2-4H3,(H,18,20). The van der Waals surface area contributed by atoms with Crippen LogP contribution in [0.15, 0.2) is 23.1 Å². The van der Waals surface area contributed by atoms with E-state index >= 15 is 0 Å². The highest BCUT2D eigenvalue weighted by Crippen LogP contribution is 2.28. The van der Waals surface area contributed by atoms with Crippen LogP contribution in [0.2, 0.25) is 0 Å². The van der Waals surface area contributed by atoms with E-state index in [2.05, 4.69) is 11.2 Å². The maximum Gasteiger partial charge on any atom is 0.338 e. The Bertz CT molecular complexity index is 707. The smallest absolute Gasteiger partial charge is 0.338 e. The van der Waals surface area contributed by atoms with Gasteiger partial charge in [0.1, 0.15) is 5.54 Å². The fraction of sp³-hybridized carbons (Fsp3) is 0.412. The van der Waals surface area contributed by atoms with E-state index in [-0.39, 0.29) is 11.3 Å². The number of carbonyl (C=O) groups is 2. The zero-order valence-electron chi connectivity index (χ0n) is 14.3. The molecule has 1 rings (SSSR count). The highest BCUT2D eigenvalue weighted by atomic mass is 32.2. The van der Waals surface area contributed by atoms with Gasteiger partial charge in [0.15, 0.2) is 6.61 Å². The van der Waals surface area contributed by atoms with Crippen molar-refractivity contribution in [2.45, 2.75) is 37.1 Å². The minimum Gasteiger partial charge on any atom is -0.452 e. The maximum absolute atomic E-state index is 12.0. The molecule has 0 aliphatic rings. The summed E-state index contributed by atoms with van der Waals surface area (Å²) in [6, 6.07) is 4.02. The van der Waals surface area contributed by atoms with Crippen LogP contribution in [0.4, 0.5) is 5.69 Å². The number of nitro benzene ring substituents is 1. The van der Waals surface area contributed by atoms with Crippen molar-refractivity contribution >= 4 is 29.3 Å². The molecule has 0 radical (unpaired) electrons. The van der Waals surface area contributed by atoms with Gasteiger partial charge in [0.25, 0.3) is 11.6 Å². The number of nitrogens with one attached hydrogen (secondary N) is 1. The van der Waals surface area contributed by atoms with Crippen LogP contribution >= 0.6 is 11.8 Å². The van der Waals surface area contributed by atoms with Crippen molar-refractivity contribution in [3.63, 3.8) is 0 Å². The van der Waals surface area contributed by atoms with Gasteiger partial charge in [0.2, 0.25) is 0 Å². The Morgan fingerprint density at radius 1 is 1.40 bits per heavy atom. The molecule has 0 saturated carbocycles. The largest absolute Gasteiger partial charge is 0.452 e. The molecule has 0 aliphatic heterocycles. The van der Waals surface area contributed by atoms with Gasteiger partial charge in [-0.3, -0.25) is 14.9 Å². The number of benzene rings is 1. The Morgan fingerprint density at radius 2 is 2.04 bits per heavy atom. The van der Waals surface area contributed by atoms with Gasteiger partial charge in [-0.1, -0.05) is 19.8 Å². The van der Waals surface area contributed by atoms with E-state index in [9.17, 15) is 19.7 Å². The van der Waals surface area contributed by atoms with Gasteiger partial charge in [-0.05, 0) is 31.2 Å². The summed E-state index contributed by atoms with van der Waals surface area (Å²) in [5.41, 5.74) is -0.955. The van der Waals surface area contributed by atoms with Crippen molar-refractivity contribution in [2.24, 2.45) is 0 Å². The summed E-state index contributed by atoms with van der Waals surface area (Å²) >= 11 is 1.20. The first kappa shape index (κ1) is 20.5. The Hall–Kier alpha value is -2.53. The van der Waals surface area contributed by atoms with E-state index in [0.29, 0.717) is 17.7 Å². The number of hydrogen-bond donors (Lipinski definition) is 1. The van der Waals surface area contributed by atoms with E-state index in [4.69, 9.17) is 11.2 Å². The summed E-state index contributed by atoms with van der Waals surface area (Å²) in [6.07, 6.45) is 8.24. The van der Waals surface area contributed by atoms with E-state index in [1.54, 1.807) is 6.26 Å². The first-order valence-corrected chi connectivity index (χ1v) is 8.83. The highest BCUT2D eigenvalue weighted by molar-refractivity contribution is 7.98. The minimum atomic E-state index is -0.815. The molecule has 1 amide bonds. The molecule has 0 heterocycles. The van der Waals surface area contributed by atoms with Crippen LogP contribution < -0.4 is 5.32 Å². The van der Waals surface area contributed by atoms with Gasteiger partial charge in [-0.15, -0.1) is 18.2 Å². The number of thioether (sulfide) groups is 1. The summed E-state index contributed by atoms with van der Waals surface area (Å²) in [6.45, 7) is 3.19. The second-order valence-electron chi connectivity index (χ2n) is 5.20. The predicted molar refractivity (Wildman–Crippen MR) is 95.4 cm³/mol. The lowest BCUT2D eigenvalue weighted by atomic mass is 9.94. The van der Waals surface area contributed by atoms with Crippen molar-refractivity contribution in [3.8, 4) is 12.3 Å². The van der Waals surface area contributed by atoms with Crippen molar-refractivity contribution < 1.29 is 19.2 Å². The monoisotopic (exact) mass is 364 g/mol. The molecule has 0 bridgehead atoms. The fourth-order valence-corrected chi connectivity index (χ4v) is 2.69. The molecule has 25 heavy (non-hydrogen) atoms. The lowest BCUT2D eigenvalue weighted by Crippen LogP contribution is -2.48. The Morgan fingerprint density at radius 3 is 2.52 bits per heavy atom. The Labute approximate surface area is 150 Å². The van der Waals surface area contributed by atoms with Gasteiger partial charge in [0, 0.05) is 6.07 Å². The Kier molecular flexibility index (Phi) is 7.45. The third-order valence-corrected chi connectivity index (χ3v) is 4.59. The summed E-state index contributed by atoms with van der Waals surface area (Å²) in [5.74, 6) is 1.21. The highest BCUT2D eigenvalue weighted by Gasteiger charge is 2.26. The van der Waals surface area contributed by atoms with Crippen molar-refractivity contribution in [3.05, 3.63) is 33.9 Å². The van der Waals surface area contributed by atoms with Crippen LogP contribution in [0.3, 0.4) is 0 Å². The van der Waals surface area contributed by atoms with Gasteiger partial charge in [0.05, 0.1) is 15.4 Å². The van der Waals surface area contributed by atoms with Crippen LogP contribution in [-0.2, 0) is 9.53 Å². The van der Waals surface area contributed by atoms with Crippen molar-refractivity contribution in [2.75, 3.05) is 12.9 Å². The van der Waals surface area contributed by atoms with E-state index < -0.39 is 28.9 Å². The van der Waals surface area contributed by atoms with E-state index in [1.165, 1.54) is 23.9 Å². The normalized spacial score (nSPS) is 10.6. The number of rotatable bonds is 8. The SMILES string of the molecule is C#CC(CC)(CC)NC(=O)COC(=O)c1ccc(SC)c([N+](=O)[O-])c1. The van der Waals surface area contributed by atoms with E-state index in [1.807, 2.05) is 13.8 Å². The molecule has 134 valence electrons. The summed E-state index contributed by atoms with van der Waals surface area (Å²) in [4.78, 5) is 34.9. The van der Waals surface area contributed by atoms with Crippen LogP contribution in [0.5, 0.6) is 0 Å². The number of amides is 1. The number of nitrogens with zero attached hydrogens (tertiary/aromatic N) is 1. The number of carbonyl (C=O) groups excluding carboxylic acids is 2. The van der Waals surface area contributed by atoms with Gasteiger partial charge < -0.3 is 10.1 Å². The van der Waals surface area contributed by atoms with Crippen LogP contribution in [0.25, 0.3) is 0 Å². The maximum atomic E-state index is 12.0. The van der Waals surface area contributed by atoms with E-state index in [0.717, 1.165) is 6.07 Å². The molecule has 1 N–H and O–H groups in total. The van der Waals surface area contributed by atoms with Crippen LogP contribution in [-0.4, -0.2) is 35.2 Å². The van der Waals surface area contributed by atoms with Gasteiger partial charge in [-0.2, -0.15) is 0 Å². The molecule has 0 aliphatic carbocycles. The van der Waals surface area contributed by atoms with Crippen LogP contribution in [0, 0.1) is 22.5 Å². The van der Waals surface area contributed by atoms with Crippen molar-refractivity contribution in [1.82, 2.24) is 5.32 Å². The molecular formula is C17H20N2O5S. The number of nitro groups is 1. The second kappa shape index (κ2) is 9.08. The number of terminal acetylenes is 1. The zero-order chi connectivity index (χ0) is 19.0. The lowest BCUT2D eigenvalue weighted by molar-refractivity contribution is -0.387. The average Bonchev–Trinajstić information content (AvgIpc) is 2.63. The number of esters is 1. The molecule has 0 unspecified atom stereocenters. The molecule has 1 aromatic carbocycles. The summed E-state index contributed by atoms with van der Waals surface area (Å²) < 4.78 is 4.93. The predicted octanol–water partition coefficient (Wildman–Crippen LogP) is 2.78. The molecule has 0 atom stereocenters. The van der Waals surface area contributed by atoms with Crippen LogP contribution in [0.1, 0.15) is 37.0 Å². The first-order valence-electron chi connectivity index (χ1n) is 7.60. The molecule has 1 aromatic rings. The molecule has 0 saturated heterocycles. The number of hydrogen-bond acceptors (Lipinski definition) is 6. The third-order valence-electron chi connectivity index (χ3n) is 3.81. The molecular weight excluding hydrogens is 344 g/mol. The molecule has 0 spiro atoms. The van der Waals surface area contributed by atoms with Gasteiger partial charge in [-0.25, -0.2) is 4.79 Å². The zero-order valence-corrected chi connectivity index (χ0v) is 15.1. The third kappa shape index (κ3) is 5.22. The van der Waals surface area contributed by atoms with Gasteiger partial charge >= 0.3 is 5.97 Å². The minimum absolute atomic E-state index is 0.00601. The topological polar surface area (TPSA) is 98.5 Å². The van der Waals surface area contributed by atoms with Crippen molar-refractivity contribution in [1.29, 1.82) is 0 Å². The fourth-order valence-electron chi connectivity index (χ4n) is 2.14. The molecule has 0 fully saturated rings. The number of ether oxygens (including phenoxy) is 1. The summed E-state index contributed by atoms with van der Waals surface area (Å²) in [7, 11) is 0. The molecule has 7 nitrogen and oxygen atoms in total. The second-order valence-corrected chi connectivity index (χ2v) is 6.05.